The lowest BCUT2D eigenvalue weighted by atomic mass is 9.92. The molecule has 2 heterocycles. The zero-order valence-electron chi connectivity index (χ0n) is 10.7. The van der Waals surface area contributed by atoms with Gasteiger partial charge in [-0.25, -0.2) is 4.79 Å². The molecule has 0 aromatic carbocycles. The maximum absolute atomic E-state index is 11.5. The van der Waals surface area contributed by atoms with Crippen LogP contribution in [0.25, 0.3) is 0 Å². The number of piperidine rings is 1. The Hall–Kier alpha value is -2.18. The van der Waals surface area contributed by atoms with Gasteiger partial charge >= 0.3 is 5.97 Å². The van der Waals surface area contributed by atoms with E-state index in [1.54, 1.807) is 11.9 Å². The number of rotatable bonds is 3. The number of amides is 1. The molecule has 102 valence electrons. The monoisotopic (exact) mass is 264 g/mol. The fourth-order valence-corrected chi connectivity index (χ4v) is 2.48. The first-order valence-electron chi connectivity index (χ1n) is 6.08. The Morgan fingerprint density at radius 1 is 1.42 bits per heavy atom. The van der Waals surface area contributed by atoms with E-state index in [1.807, 2.05) is 0 Å². The Labute approximate surface area is 110 Å². The van der Waals surface area contributed by atoms with E-state index in [2.05, 4.69) is 16.9 Å². The number of carbonyl (C=O) groups is 2. The van der Waals surface area contributed by atoms with Crippen LogP contribution in [0.5, 0.6) is 0 Å². The van der Waals surface area contributed by atoms with Crippen molar-refractivity contribution in [3.05, 3.63) is 24.0 Å². The lowest BCUT2D eigenvalue weighted by Crippen LogP contribution is -2.37. The van der Waals surface area contributed by atoms with Gasteiger partial charge in [0.2, 0.25) is 5.91 Å². The lowest BCUT2D eigenvalue weighted by Gasteiger charge is -2.31. The van der Waals surface area contributed by atoms with Gasteiger partial charge in [-0.05, 0) is 18.9 Å². The van der Waals surface area contributed by atoms with E-state index >= 15 is 0 Å². The van der Waals surface area contributed by atoms with Gasteiger partial charge in [0.25, 0.3) is 0 Å². The van der Waals surface area contributed by atoms with Gasteiger partial charge in [-0.15, -0.1) is 5.10 Å². The summed E-state index contributed by atoms with van der Waals surface area (Å²) in [5.74, 6) is -1.08. The Morgan fingerprint density at radius 2 is 2.05 bits per heavy atom. The van der Waals surface area contributed by atoms with Gasteiger partial charge < -0.3 is 10.0 Å². The van der Waals surface area contributed by atoms with Gasteiger partial charge in [0.05, 0.1) is 5.69 Å². The number of hydrogen-bond donors (Lipinski definition) is 1. The van der Waals surface area contributed by atoms with E-state index in [0.717, 1.165) is 0 Å². The Kier molecular flexibility index (Phi) is 3.64. The highest BCUT2D eigenvalue weighted by molar-refractivity contribution is 5.87. The second-order valence-electron chi connectivity index (χ2n) is 4.56. The molecule has 0 spiro atoms. The quantitative estimate of drug-likeness (QED) is 0.798. The molecular formula is C12H16N4O3. The van der Waals surface area contributed by atoms with E-state index in [1.165, 1.54) is 10.8 Å². The number of carbonyl (C=O) groups excluding carboxylic acids is 1. The van der Waals surface area contributed by atoms with Crippen molar-refractivity contribution in [1.82, 2.24) is 19.9 Å². The number of carboxylic acids is 1. The Morgan fingerprint density at radius 3 is 2.58 bits per heavy atom. The summed E-state index contributed by atoms with van der Waals surface area (Å²) in [5.41, 5.74) is 0.647. The Bertz CT molecular complexity index is 515. The minimum atomic E-state index is -1.06. The highest BCUT2D eigenvalue weighted by Crippen LogP contribution is 2.29. The summed E-state index contributed by atoms with van der Waals surface area (Å²) >= 11 is 0. The van der Waals surface area contributed by atoms with E-state index < -0.39 is 5.97 Å². The summed E-state index contributed by atoms with van der Waals surface area (Å²) in [6.45, 7) is 4.66. The first-order chi connectivity index (χ1) is 9.04. The van der Waals surface area contributed by atoms with Crippen LogP contribution >= 0.6 is 0 Å². The third-order valence-corrected chi connectivity index (χ3v) is 3.44. The fourth-order valence-electron chi connectivity index (χ4n) is 2.48. The molecule has 1 aromatic rings. The van der Waals surface area contributed by atoms with Gasteiger partial charge in [-0.2, -0.15) is 0 Å². The largest absolute Gasteiger partial charge is 0.476 e. The van der Waals surface area contributed by atoms with Crippen LogP contribution in [0.15, 0.2) is 12.7 Å². The van der Waals surface area contributed by atoms with Crippen LogP contribution in [0.1, 0.15) is 34.9 Å². The van der Waals surface area contributed by atoms with Crippen molar-refractivity contribution >= 4 is 11.9 Å². The van der Waals surface area contributed by atoms with Crippen molar-refractivity contribution in [3.8, 4) is 0 Å². The van der Waals surface area contributed by atoms with Gasteiger partial charge in [0, 0.05) is 26.1 Å². The SMILES string of the molecule is C=CC(=O)N1CCC(c2c(C(=O)O)nnn2C)CC1. The second-order valence-corrected chi connectivity index (χ2v) is 4.56. The molecule has 7 nitrogen and oxygen atoms in total. The molecule has 0 aliphatic carbocycles. The van der Waals surface area contributed by atoms with Gasteiger partial charge in [0.15, 0.2) is 5.69 Å². The number of aromatic nitrogens is 3. The molecule has 0 atom stereocenters. The average molecular weight is 264 g/mol. The minimum Gasteiger partial charge on any atom is -0.476 e. The van der Waals surface area contributed by atoms with Crippen LogP contribution < -0.4 is 0 Å². The normalized spacial score (nSPS) is 16.4. The van der Waals surface area contributed by atoms with Crippen molar-refractivity contribution in [2.45, 2.75) is 18.8 Å². The van der Waals surface area contributed by atoms with Gasteiger partial charge in [-0.3, -0.25) is 9.48 Å². The third kappa shape index (κ3) is 2.49. The second kappa shape index (κ2) is 5.21. The minimum absolute atomic E-state index is 0.0102. The Balaban J connectivity index is 2.14. The van der Waals surface area contributed by atoms with E-state index in [0.29, 0.717) is 31.6 Å². The highest BCUT2D eigenvalue weighted by Gasteiger charge is 2.29. The zero-order valence-corrected chi connectivity index (χ0v) is 10.7. The number of likely N-dealkylation sites (tertiary alicyclic amines) is 1. The topological polar surface area (TPSA) is 88.3 Å². The third-order valence-electron chi connectivity index (χ3n) is 3.44. The lowest BCUT2D eigenvalue weighted by molar-refractivity contribution is -0.127. The van der Waals surface area contributed by atoms with Crippen molar-refractivity contribution < 1.29 is 14.7 Å². The maximum Gasteiger partial charge on any atom is 0.358 e. The molecule has 1 aliphatic heterocycles. The van der Waals surface area contributed by atoms with Crippen molar-refractivity contribution in [3.63, 3.8) is 0 Å². The number of carboxylic acid groups (broad SMARTS) is 1. The molecule has 0 unspecified atom stereocenters. The first-order valence-corrected chi connectivity index (χ1v) is 6.08. The van der Waals surface area contributed by atoms with Crippen LogP contribution in [-0.4, -0.2) is 50.0 Å². The molecule has 0 radical (unpaired) electrons. The molecule has 1 aromatic heterocycles. The molecule has 19 heavy (non-hydrogen) atoms. The predicted molar refractivity (Wildman–Crippen MR) is 66.7 cm³/mol. The van der Waals surface area contributed by atoms with E-state index in [4.69, 9.17) is 5.11 Å². The smallest absolute Gasteiger partial charge is 0.358 e. The van der Waals surface area contributed by atoms with Crippen LogP contribution in [0.2, 0.25) is 0 Å². The maximum atomic E-state index is 11.5. The van der Waals surface area contributed by atoms with Crippen molar-refractivity contribution in [1.29, 1.82) is 0 Å². The van der Waals surface area contributed by atoms with E-state index in [-0.39, 0.29) is 17.5 Å². The molecule has 0 saturated carbocycles. The zero-order chi connectivity index (χ0) is 14.0. The standard InChI is InChI=1S/C12H16N4O3/c1-3-9(17)16-6-4-8(5-7-16)11-10(12(18)19)13-14-15(11)2/h3,8H,1,4-7H2,2H3,(H,18,19). The predicted octanol–water partition coefficient (Wildman–Crippen LogP) is 0.405. The summed E-state index contributed by atoms with van der Waals surface area (Å²) in [6, 6.07) is 0. The molecule has 1 N–H and O–H groups in total. The van der Waals surface area contributed by atoms with Gasteiger partial charge in [-0.1, -0.05) is 11.8 Å². The number of aromatic carboxylic acids is 1. The van der Waals surface area contributed by atoms with Gasteiger partial charge in [0.1, 0.15) is 0 Å². The molecular weight excluding hydrogens is 248 g/mol. The molecule has 0 bridgehead atoms. The summed E-state index contributed by atoms with van der Waals surface area (Å²) in [5, 5.41) is 16.5. The highest BCUT2D eigenvalue weighted by atomic mass is 16.4. The first kappa shape index (κ1) is 13.3. The molecule has 1 aliphatic rings. The van der Waals surface area contributed by atoms with Crippen LogP contribution in [-0.2, 0) is 11.8 Å². The molecule has 1 fully saturated rings. The molecule has 2 rings (SSSR count). The number of aryl methyl sites for hydroxylation is 1. The fraction of sp³-hybridized carbons (Fsp3) is 0.500. The van der Waals surface area contributed by atoms with Crippen molar-refractivity contribution in [2.24, 2.45) is 7.05 Å². The molecule has 1 amide bonds. The van der Waals surface area contributed by atoms with Crippen molar-refractivity contribution in [2.75, 3.05) is 13.1 Å². The average Bonchev–Trinajstić information content (AvgIpc) is 2.80. The summed E-state index contributed by atoms with van der Waals surface area (Å²) in [7, 11) is 1.69. The van der Waals surface area contributed by atoms with Crippen LogP contribution in [0, 0.1) is 0 Å². The van der Waals surface area contributed by atoms with Crippen LogP contribution in [0.4, 0.5) is 0 Å². The summed E-state index contributed by atoms with van der Waals surface area (Å²) in [4.78, 5) is 24.3. The number of hydrogen-bond acceptors (Lipinski definition) is 4. The molecule has 7 heteroatoms. The van der Waals surface area contributed by atoms with Crippen LogP contribution in [0.3, 0.4) is 0 Å². The van der Waals surface area contributed by atoms with E-state index in [9.17, 15) is 9.59 Å². The summed E-state index contributed by atoms with van der Waals surface area (Å²) in [6.07, 6.45) is 2.72. The number of nitrogens with zero attached hydrogens (tertiary/aromatic N) is 4. The summed E-state index contributed by atoms with van der Waals surface area (Å²) < 4.78 is 1.51. The molecule has 1 saturated heterocycles.